The number of carboxylic acids is 1. The van der Waals surface area contributed by atoms with Gasteiger partial charge >= 0.3 is 12.0 Å². The van der Waals surface area contributed by atoms with Crippen LogP contribution < -0.4 is 10.6 Å². The van der Waals surface area contributed by atoms with E-state index in [1.807, 2.05) is 18.9 Å². The lowest BCUT2D eigenvalue weighted by atomic mass is 9.97. The standard InChI is InChI=1S/C13H27N3O4/c1-5-6-13(2,11(17)18)15-12(19)14-7-8-16(3)9-10-20-4/h5-10H2,1-4H3,(H,17,18)(H2,14,15,19). The highest BCUT2D eigenvalue weighted by Crippen LogP contribution is 2.12. The van der Waals surface area contributed by atoms with Crippen LogP contribution in [0.2, 0.25) is 0 Å². The number of nitrogens with one attached hydrogen (secondary N) is 2. The molecule has 7 heteroatoms. The molecule has 2 amide bonds. The number of nitrogens with zero attached hydrogens (tertiary/aromatic N) is 1. The van der Waals surface area contributed by atoms with Crippen molar-refractivity contribution in [1.29, 1.82) is 0 Å². The molecule has 0 heterocycles. The molecule has 7 nitrogen and oxygen atoms in total. The smallest absolute Gasteiger partial charge is 0.329 e. The number of carbonyl (C=O) groups is 2. The van der Waals surface area contributed by atoms with Crippen LogP contribution in [0.4, 0.5) is 4.79 Å². The number of rotatable bonds is 10. The van der Waals surface area contributed by atoms with Gasteiger partial charge in [0, 0.05) is 26.7 Å². The second-order valence-electron chi connectivity index (χ2n) is 5.06. The van der Waals surface area contributed by atoms with Crippen molar-refractivity contribution in [3.8, 4) is 0 Å². The van der Waals surface area contributed by atoms with Gasteiger partial charge in [-0.15, -0.1) is 0 Å². The number of likely N-dealkylation sites (N-methyl/N-ethyl adjacent to an activating group) is 1. The highest BCUT2D eigenvalue weighted by Gasteiger charge is 2.33. The van der Waals surface area contributed by atoms with Crippen molar-refractivity contribution in [2.45, 2.75) is 32.2 Å². The molecule has 1 atom stereocenters. The summed E-state index contributed by atoms with van der Waals surface area (Å²) >= 11 is 0. The summed E-state index contributed by atoms with van der Waals surface area (Å²) in [6, 6.07) is -0.455. The van der Waals surface area contributed by atoms with Crippen molar-refractivity contribution in [3.63, 3.8) is 0 Å². The topological polar surface area (TPSA) is 90.9 Å². The van der Waals surface area contributed by atoms with Crippen LogP contribution in [0.5, 0.6) is 0 Å². The van der Waals surface area contributed by atoms with Gasteiger partial charge in [-0.05, 0) is 20.4 Å². The van der Waals surface area contributed by atoms with E-state index in [4.69, 9.17) is 9.84 Å². The molecule has 0 saturated heterocycles. The van der Waals surface area contributed by atoms with E-state index < -0.39 is 17.5 Å². The summed E-state index contributed by atoms with van der Waals surface area (Å²) < 4.78 is 4.95. The predicted octanol–water partition coefficient (Wildman–Crippen LogP) is 0.507. The molecule has 3 N–H and O–H groups in total. The fraction of sp³-hybridized carbons (Fsp3) is 0.846. The number of hydrogen-bond acceptors (Lipinski definition) is 4. The zero-order valence-corrected chi connectivity index (χ0v) is 12.9. The molecule has 0 aromatic heterocycles. The summed E-state index contributed by atoms with van der Waals surface area (Å²) in [6.07, 6.45) is 1.08. The first-order valence-electron chi connectivity index (χ1n) is 6.82. The third-order valence-corrected chi connectivity index (χ3v) is 3.07. The summed E-state index contributed by atoms with van der Waals surface area (Å²) in [4.78, 5) is 24.9. The fourth-order valence-corrected chi connectivity index (χ4v) is 1.74. The molecular formula is C13H27N3O4. The van der Waals surface area contributed by atoms with E-state index in [1.54, 1.807) is 7.11 Å². The third-order valence-electron chi connectivity index (χ3n) is 3.07. The van der Waals surface area contributed by atoms with Crippen LogP contribution in [-0.4, -0.2) is 67.9 Å². The molecule has 118 valence electrons. The molecule has 1 unspecified atom stereocenters. The van der Waals surface area contributed by atoms with Crippen LogP contribution in [0.1, 0.15) is 26.7 Å². The van der Waals surface area contributed by atoms with E-state index in [-0.39, 0.29) is 0 Å². The van der Waals surface area contributed by atoms with E-state index in [0.29, 0.717) is 32.5 Å². The van der Waals surface area contributed by atoms with Crippen molar-refractivity contribution in [1.82, 2.24) is 15.5 Å². The number of carboxylic acid groups (broad SMARTS) is 1. The molecule has 0 aromatic rings. The first-order valence-corrected chi connectivity index (χ1v) is 6.82. The van der Waals surface area contributed by atoms with Gasteiger partial charge in [0.1, 0.15) is 5.54 Å². The van der Waals surface area contributed by atoms with Crippen LogP contribution in [-0.2, 0) is 9.53 Å². The van der Waals surface area contributed by atoms with Crippen LogP contribution in [0.3, 0.4) is 0 Å². The second kappa shape index (κ2) is 9.55. The van der Waals surface area contributed by atoms with Crippen LogP contribution in [0.25, 0.3) is 0 Å². The van der Waals surface area contributed by atoms with Crippen LogP contribution in [0, 0.1) is 0 Å². The van der Waals surface area contributed by atoms with E-state index in [9.17, 15) is 9.59 Å². The zero-order chi connectivity index (χ0) is 15.6. The Kier molecular flexibility index (Phi) is 8.91. The Morgan fingerprint density at radius 3 is 2.50 bits per heavy atom. The summed E-state index contributed by atoms with van der Waals surface area (Å²) in [5.74, 6) is -1.02. The summed E-state index contributed by atoms with van der Waals surface area (Å²) in [7, 11) is 3.57. The lowest BCUT2D eigenvalue weighted by molar-refractivity contribution is -0.144. The van der Waals surface area contributed by atoms with Gasteiger partial charge in [-0.2, -0.15) is 0 Å². The number of amides is 2. The van der Waals surface area contributed by atoms with E-state index in [0.717, 1.165) is 6.54 Å². The minimum Gasteiger partial charge on any atom is -0.480 e. The maximum Gasteiger partial charge on any atom is 0.329 e. The summed E-state index contributed by atoms with van der Waals surface area (Å²) in [5.41, 5.74) is -1.22. The highest BCUT2D eigenvalue weighted by molar-refractivity contribution is 5.85. The first kappa shape index (κ1) is 18.7. The molecule has 0 saturated carbocycles. The van der Waals surface area contributed by atoms with E-state index in [2.05, 4.69) is 10.6 Å². The fourth-order valence-electron chi connectivity index (χ4n) is 1.74. The number of methoxy groups -OCH3 is 1. The number of carbonyl (C=O) groups excluding carboxylic acids is 1. The molecule has 0 bridgehead atoms. The molecule has 20 heavy (non-hydrogen) atoms. The molecule has 0 spiro atoms. The van der Waals surface area contributed by atoms with Gasteiger partial charge in [-0.25, -0.2) is 9.59 Å². The van der Waals surface area contributed by atoms with Crippen molar-refractivity contribution in [2.75, 3.05) is 40.4 Å². The Bertz CT molecular complexity index is 312. The quantitative estimate of drug-likeness (QED) is 0.545. The molecule has 0 radical (unpaired) electrons. The monoisotopic (exact) mass is 289 g/mol. The molecule has 0 fully saturated rings. The van der Waals surface area contributed by atoms with Crippen molar-refractivity contribution >= 4 is 12.0 Å². The Balaban J connectivity index is 4.06. The van der Waals surface area contributed by atoms with Crippen molar-refractivity contribution in [3.05, 3.63) is 0 Å². The van der Waals surface area contributed by atoms with E-state index in [1.165, 1.54) is 6.92 Å². The normalized spacial score (nSPS) is 13.8. The third kappa shape index (κ3) is 7.30. The predicted molar refractivity (Wildman–Crippen MR) is 76.9 cm³/mol. The molecular weight excluding hydrogens is 262 g/mol. The molecule has 0 aromatic carbocycles. The molecule has 0 rings (SSSR count). The molecule has 0 aliphatic heterocycles. The van der Waals surface area contributed by atoms with Gasteiger partial charge in [-0.3, -0.25) is 0 Å². The van der Waals surface area contributed by atoms with Gasteiger partial charge in [0.2, 0.25) is 0 Å². The number of aliphatic carboxylic acids is 1. The van der Waals surface area contributed by atoms with Gasteiger partial charge in [-0.1, -0.05) is 13.3 Å². The average Bonchev–Trinajstić information content (AvgIpc) is 2.36. The Labute approximate surface area is 120 Å². The minimum atomic E-state index is -1.22. The largest absolute Gasteiger partial charge is 0.480 e. The Hall–Kier alpha value is -1.34. The van der Waals surface area contributed by atoms with Gasteiger partial charge < -0.3 is 25.4 Å². The summed E-state index contributed by atoms with van der Waals surface area (Å²) in [6.45, 7) is 5.94. The number of urea groups is 1. The minimum absolute atomic E-state index is 0.392. The van der Waals surface area contributed by atoms with Crippen molar-refractivity contribution in [2.24, 2.45) is 0 Å². The lowest BCUT2D eigenvalue weighted by Gasteiger charge is -2.26. The van der Waals surface area contributed by atoms with Crippen LogP contribution in [0.15, 0.2) is 0 Å². The Morgan fingerprint density at radius 2 is 2.00 bits per heavy atom. The van der Waals surface area contributed by atoms with Gasteiger partial charge in [0.05, 0.1) is 6.61 Å². The molecule has 0 aliphatic carbocycles. The number of ether oxygens (including phenoxy) is 1. The SMILES string of the molecule is CCCC(C)(NC(=O)NCCN(C)CCOC)C(=O)O. The van der Waals surface area contributed by atoms with Gasteiger partial charge in [0.15, 0.2) is 0 Å². The first-order chi connectivity index (χ1) is 9.35. The van der Waals surface area contributed by atoms with Gasteiger partial charge in [0.25, 0.3) is 0 Å². The average molecular weight is 289 g/mol. The zero-order valence-electron chi connectivity index (χ0n) is 12.9. The van der Waals surface area contributed by atoms with E-state index >= 15 is 0 Å². The summed E-state index contributed by atoms with van der Waals surface area (Å²) in [5, 5.41) is 14.3. The second-order valence-corrected chi connectivity index (χ2v) is 5.06. The number of hydrogen-bond donors (Lipinski definition) is 3. The van der Waals surface area contributed by atoms with Crippen molar-refractivity contribution < 1.29 is 19.4 Å². The van der Waals surface area contributed by atoms with Crippen LogP contribution >= 0.6 is 0 Å². The maximum absolute atomic E-state index is 11.7. The molecule has 0 aliphatic rings. The maximum atomic E-state index is 11.7. The lowest BCUT2D eigenvalue weighted by Crippen LogP contribution is -2.55. The Morgan fingerprint density at radius 1 is 1.35 bits per heavy atom. The highest BCUT2D eigenvalue weighted by atomic mass is 16.5.